The molecule has 2 bridgehead atoms. The molecule has 2 amide bonds. The first-order chi connectivity index (χ1) is 17.8. The highest BCUT2D eigenvalue weighted by Crippen LogP contribution is 2.49. The van der Waals surface area contributed by atoms with Gasteiger partial charge in [0.25, 0.3) is 17.5 Å². The number of hydrogen-bond donors (Lipinski definition) is 0. The van der Waals surface area contributed by atoms with Gasteiger partial charge in [0, 0.05) is 34.8 Å². The first kappa shape index (κ1) is 23.1. The normalized spacial score (nSPS) is 24.3. The molecular formula is C29H26N4O4. The van der Waals surface area contributed by atoms with E-state index in [1.54, 1.807) is 18.3 Å². The lowest BCUT2D eigenvalue weighted by Crippen LogP contribution is -2.38. The lowest BCUT2D eigenvalue weighted by Gasteiger charge is -2.37. The number of hydrogen-bond acceptors (Lipinski definition) is 5. The molecule has 2 aromatic carbocycles. The van der Waals surface area contributed by atoms with E-state index >= 15 is 0 Å². The number of imide groups is 1. The molecule has 8 nitrogen and oxygen atoms in total. The molecule has 2 fully saturated rings. The van der Waals surface area contributed by atoms with Gasteiger partial charge in [0.2, 0.25) is 0 Å². The molecule has 186 valence electrons. The maximum atomic E-state index is 13.1. The van der Waals surface area contributed by atoms with Gasteiger partial charge in [-0.3, -0.25) is 19.7 Å². The highest BCUT2D eigenvalue weighted by atomic mass is 16.6. The molecule has 1 saturated carbocycles. The van der Waals surface area contributed by atoms with Gasteiger partial charge < -0.3 is 4.57 Å². The summed E-state index contributed by atoms with van der Waals surface area (Å²) in [4.78, 5) is 36.6. The Hall–Kier alpha value is -4.33. The fourth-order valence-corrected chi connectivity index (χ4v) is 6.19. The van der Waals surface area contributed by atoms with E-state index in [0.717, 1.165) is 51.6 Å². The molecule has 8 heteroatoms. The summed E-state index contributed by atoms with van der Waals surface area (Å²) in [7, 11) is 0. The van der Waals surface area contributed by atoms with Crippen LogP contribution in [0.15, 0.2) is 71.9 Å². The van der Waals surface area contributed by atoms with E-state index in [-0.39, 0.29) is 41.2 Å². The minimum Gasteiger partial charge on any atom is -0.318 e. The van der Waals surface area contributed by atoms with Crippen LogP contribution >= 0.6 is 0 Å². The standard InChI is InChI=1S/C29H26N4O4/c1-17-15-23(16-30-32-28(34)26-21-3-4-22(6-5-21)27(26)29(32)35)18(2)31(17)24-11-7-19(8-12-24)20-9-13-25(14-10-20)33(36)37/h3-4,7-16,21-22,26-27H,5-6H2,1-2H3/b30-16-/t21-,22-,26+,27+/m0/s1. The van der Waals surface area contributed by atoms with E-state index in [4.69, 9.17) is 0 Å². The number of carbonyl (C=O) groups excluding carboxylic acids is 2. The highest BCUT2D eigenvalue weighted by molar-refractivity contribution is 6.06. The Morgan fingerprint density at radius 2 is 1.43 bits per heavy atom. The van der Waals surface area contributed by atoms with Gasteiger partial charge in [-0.1, -0.05) is 24.3 Å². The first-order valence-electron chi connectivity index (χ1n) is 12.5. The molecule has 1 saturated heterocycles. The Bertz CT molecular complexity index is 1450. The van der Waals surface area contributed by atoms with Gasteiger partial charge in [-0.15, -0.1) is 0 Å². The van der Waals surface area contributed by atoms with Crippen LogP contribution in [0, 0.1) is 47.6 Å². The van der Waals surface area contributed by atoms with Gasteiger partial charge in [0.05, 0.1) is 23.0 Å². The maximum Gasteiger partial charge on any atom is 0.269 e. The molecule has 3 aromatic rings. The summed E-state index contributed by atoms with van der Waals surface area (Å²) in [5.74, 6) is -0.608. The molecule has 1 aliphatic heterocycles. The number of aromatic nitrogens is 1. The molecule has 4 atom stereocenters. The fraction of sp³-hybridized carbons (Fsp3) is 0.276. The number of fused-ring (bicyclic) bond motifs is 1. The number of hydrazone groups is 1. The number of carbonyl (C=O) groups is 2. The Balaban J connectivity index is 1.23. The summed E-state index contributed by atoms with van der Waals surface area (Å²) >= 11 is 0. The molecule has 7 rings (SSSR count). The van der Waals surface area contributed by atoms with Crippen LogP contribution in [0.4, 0.5) is 5.69 Å². The molecule has 0 spiro atoms. The monoisotopic (exact) mass is 494 g/mol. The highest BCUT2D eigenvalue weighted by Gasteiger charge is 2.56. The van der Waals surface area contributed by atoms with Crippen LogP contribution in [0.2, 0.25) is 0 Å². The Kier molecular flexibility index (Phi) is 5.40. The summed E-state index contributed by atoms with van der Waals surface area (Å²) in [6, 6.07) is 16.4. The third kappa shape index (κ3) is 3.71. The minimum absolute atomic E-state index is 0.0632. The molecule has 0 radical (unpaired) electrons. The average Bonchev–Trinajstić information content (AvgIpc) is 3.35. The van der Waals surface area contributed by atoms with Gasteiger partial charge >= 0.3 is 0 Å². The third-order valence-electron chi connectivity index (χ3n) is 8.06. The summed E-state index contributed by atoms with van der Waals surface area (Å²) in [6.45, 7) is 3.98. The van der Waals surface area contributed by atoms with Crippen molar-refractivity contribution in [3.05, 3.63) is 93.8 Å². The number of nitro benzene ring substituents is 1. The number of nitro groups is 1. The second-order valence-electron chi connectivity index (χ2n) is 10.1. The van der Waals surface area contributed by atoms with E-state index < -0.39 is 4.92 Å². The predicted molar refractivity (Wildman–Crippen MR) is 139 cm³/mol. The van der Waals surface area contributed by atoms with Crippen molar-refractivity contribution in [1.82, 2.24) is 9.58 Å². The summed E-state index contributed by atoms with van der Waals surface area (Å²) in [5.41, 5.74) is 5.66. The minimum atomic E-state index is -0.408. The van der Waals surface area contributed by atoms with Crippen LogP contribution in [0.5, 0.6) is 0 Å². The maximum absolute atomic E-state index is 13.1. The van der Waals surface area contributed by atoms with Crippen molar-refractivity contribution in [2.24, 2.45) is 28.8 Å². The number of allylic oxidation sites excluding steroid dienone is 2. The van der Waals surface area contributed by atoms with Gasteiger partial charge in [0.15, 0.2) is 0 Å². The number of aryl methyl sites for hydroxylation is 1. The Morgan fingerprint density at radius 3 is 1.95 bits per heavy atom. The molecule has 1 aromatic heterocycles. The number of nitrogens with zero attached hydrogens (tertiary/aromatic N) is 4. The van der Waals surface area contributed by atoms with Crippen molar-refractivity contribution >= 4 is 23.7 Å². The summed E-state index contributed by atoms with van der Waals surface area (Å²) in [5, 5.41) is 16.4. The van der Waals surface area contributed by atoms with Gasteiger partial charge in [-0.05, 0) is 80.0 Å². The van der Waals surface area contributed by atoms with Crippen molar-refractivity contribution < 1.29 is 14.5 Å². The molecule has 0 unspecified atom stereocenters. The lowest BCUT2D eigenvalue weighted by molar-refractivity contribution is -0.384. The molecule has 3 aliphatic carbocycles. The molecule has 37 heavy (non-hydrogen) atoms. The fourth-order valence-electron chi connectivity index (χ4n) is 6.19. The number of rotatable bonds is 5. The summed E-state index contributed by atoms with van der Waals surface area (Å²) < 4.78 is 2.10. The molecule has 0 N–H and O–H groups in total. The van der Waals surface area contributed by atoms with E-state index in [2.05, 4.69) is 21.8 Å². The van der Waals surface area contributed by atoms with Crippen molar-refractivity contribution in [3.8, 4) is 16.8 Å². The average molecular weight is 495 g/mol. The van der Waals surface area contributed by atoms with Crippen LogP contribution in [-0.2, 0) is 9.59 Å². The topological polar surface area (TPSA) is 97.8 Å². The zero-order valence-corrected chi connectivity index (χ0v) is 20.6. The van der Waals surface area contributed by atoms with E-state index in [1.807, 2.05) is 44.2 Å². The smallest absolute Gasteiger partial charge is 0.269 e. The van der Waals surface area contributed by atoms with Gasteiger partial charge in [-0.2, -0.15) is 10.1 Å². The number of amides is 2. The Labute approximate surface area is 214 Å². The first-order valence-corrected chi connectivity index (χ1v) is 12.5. The largest absolute Gasteiger partial charge is 0.318 e. The van der Waals surface area contributed by atoms with Crippen LogP contribution in [0.1, 0.15) is 29.8 Å². The number of benzene rings is 2. The van der Waals surface area contributed by atoms with Crippen molar-refractivity contribution in [3.63, 3.8) is 0 Å². The van der Waals surface area contributed by atoms with E-state index in [1.165, 1.54) is 12.1 Å². The second kappa shape index (κ2) is 8.65. The lowest BCUT2D eigenvalue weighted by atomic mass is 9.63. The van der Waals surface area contributed by atoms with Crippen LogP contribution in [-0.4, -0.2) is 32.5 Å². The quantitative estimate of drug-likeness (QED) is 0.160. The molecular weight excluding hydrogens is 468 g/mol. The molecule has 4 aliphatic rings. The number of non-ortho nitro benzene ring substituents is 1. The summed E-state index contributed by atoms with van der Waals surface area (Å²) in [6.07, 6.45) is 7.75. The van der Waals surface area contributed by atoms with Crippen molar-refractivity contribution in [1.29, 1.82) is 0 Å². The zero-order valence-electron chi connectivity index (χ0n) is 20.6. The van der Waals surface area contributed by atoms with E-state index in [0.29, 0.717) is 0 Å². The van der Waals surface area contributed by atoms with Crippen LogP contribution in [0.25, 0.3) is 16.8 Å². The Morgan fingerprint density at radius 1 is 0.892 bits per heavy atom. The van der Waals surface area contributed by atoms with Crippen LogP contribution in [0.3, 0.4) is 0 Å². The van der Waals surface area contributed by atoms with Gasteiger partial charge in [0.1, 0.15) is 0 Å². The third-order valence-corrected chi connectivity index (χ3v) is 8.06. The zero-order chi connectivity index (χ0) is 25.8. The van der Waals surface area contributed by atoms with Crippen molar-refractivity contribution in [2.75, 3.05) is 0 Å². The van der Waals surface area contributed by atoms with Crippen LogP contribution < -0.4 is 0 Å². The second-order valence-corrected chi connectivity index (χ2v) is 10.1. The predicted octanol–water partition coefficient (Wildman–Crippen LogP) is 5.20. The van der Waals surface area contributed by atoms with Crippen molar-refractivity contribution in [2.45, 2.75) is 26.7 Å². The molecule has 2 heterocycles. The SMILES string of the molecule is Cc1cc(/C=N\N2C(=O)[C@H]3[C@H](C2=O)[C@H]2C=C[C@H]3CC2)c(C)n1-c1ccc(-c2ccc([N+](=O)[O-])cc2)cc1. The van der Waals surface area contributed by atoms with E-state index in [9.17, 15) is 19.7 Å². The van der Waals surface area contributed by atoms with Gasteiger partial charge in [-0.25, -0.2) is 0 Å².